The minimum absolute atomic E-state index is 0.818. The summed E-state index contributed by atoms with van der Waals surface area (Å²) in [5, 5.41) is 10.6. The molecule has 0 saturated heterocycles. The van der Waals surface area contributed by atoms with Gasteiger partial charge in [0.15, 0.2) is 0 Å². The molecule has 7 aromatic carbocycles. The molecule has 0 aliphatic rings. The lowest BCUT2D eigenvalue weighted by Gasteiger charge is -2.15. The number of rotatable bonds is 4. The van der Waals surface area contributed by atoms with Gasteiger partial charge in [0.2, 0.25) is 0 Å². The van der Waals surface area contributed by atoms with Gasteiger partial charge in [-0.1, -0.05) is 158 Å². The van der Waals surface area contributed by atoms with Crippen molar-refractivity contribution in [1.82, 2.24) is 19.9 Å². The van der Waals surface area contributed by atoms with Crippen molar-refractivity contribution >= 4 is 65.0 Å². The molecule has 54 heavy (non-hydrogen) atoms. The molecule has 0 atom stereocenters. The zero-order chi connectivity index (χ0) is 35.6. The van der Waals surface area contributed by atoms with Crippen LogP contribution in [0.5, 0.6) is 0 Å². The molecule has 0 aliphatic carbocycles. The molecule has 0 bridgehead atoms. The van der Waals surface area contributed by atoms with E-state index in [2.05, 4.69) is 152 Å². The molecule has 11 rings (SSSR count). The topological polar surface area (TPSA) is 51.6 Å². The van der Waals surface area contributed by atoms with E-state index in [0.717, 1.165) is 77.7 Å². The third kappa shape index (κ3) is 4.85. The Morgan fingerprint density at radius 3 is 1.46 bits per heavy atom. The van der Waals surface area contributed by atoms with Crippen LogP contribution in [-0.2, 0) is 0 Å². The van der Waals surface area contributed by atoms with Gasteiger partial charge in [-0.2, -0.15) is 0 Å². The molecule has 4 heterocycles. The quantitative estimate of drug-likeness (QED) is 0.173. The number of fused-ring (bicyclic) bond motifs is 11. The molecule has 4 nitrogen and oxygen atoms in total. The van der Waals surface area contributed by atoms with Gasteiger partial charge in [0, 0.05) is 49.8 Å². The van der Waals surface area contributed by atoms with Gasteiger partial charge in [0.25, 0.3) is 0 Å². The summed E-state index contributed by atoms with van der Waals surface area (Å²) in [6, 6.07) is 61.7. The highest BCUT2D eigenvalue weighted by Gasteiger charge is 2.16. The lowest BCUT2D eigenvalue weighted by atomic mass is 9.92. The Labute approximate surface area is 311 Å². The first kappa shape index (κ1) is 30.3. The third-order valence-corrected chi connectivity index (χ3v) is 10.7. The Bertz CT molecular complexity index is 3250. The van der Waals surface area contributed by atoms with Crippen LogP contribution in [-0.4, -0.2) is 19.9 Å². The van der Waals surface area contributed by atoms with Gasteiger partial charge in [-0.05, 0) is 45.3 Å². The van der Waals surface area contributed by atoms with Crippen LogP contribution in [0.15, 0.2) is 182 Å². The van der Waals surface area contributed by atoms with Gasteiger partial charge in [0.05, 0.1) is 39.3 Å². The van der Waals surface area contributed by atoms with E-state index in [4.69, 9.17) is 19.9 Å². The van der Waals surface area contributed by atoms with Crippen LogP contribution >= 0.6 is 0 Å². The van der Waals surface area contributed by atoms with Crippen LogP contribution in [0.1, 0.15) is 0 Å². The summed E-state index contributed by atoms with van der Waals surface area (Å²) in [4.78, 5) is 20.5. The smallest absolute Gasteiger partial charge is 0.0973 e. The maximum absolute atomic E-state index is 5.44. The maximum atomic E-state index is 5.44. The fourth-order valence-electron chi connectivity index (χ4n) is 8.03. The Morgan fingerprint density at radius 2 is 0.778 bits per heavy atom. The monoisotopic (exact) mass is 686 g/mol. The van der Waals surface area contributed by atoms with Crippen LogP contribution in [0.3, 0.4) is 0 Å². The first-order valence-corrected chi connectivity index (χ1v) is 18.2. The summed E-state index contributed by atoms with van der Waals surface area (Å²) >= 11 is 0. The average Bonchev–Trinajstić information content (AvgIpc) is 3.26. The molecule has 0 saturated carbocycles. The minimum Gasteiger partial charge on any atom is -0.254 e. The van der Waals surface area contributed by atoms with Gasteiger partial charge in [0.1, 0.15) is 0 Å². The van der Waals surface area contributed by atoms with Crippen molar-refractivity contribution in [3.63, 3.8) is 0 Å². The lowest BCUT2D eigenvalue weighted by Crippen LogP contribution is -1.93. The minimum atomic E-state index is 0.818. The van der Waals surface area contributed by atoms with Gasteiger partial charge in [-0.25, -0.2) is 15.0 Å². The molecule has 4 heteroatoms. The van der Waals surface area contributed by atoms with E-state index < -0.39 is 0 Å². The second kappa shape index (κ2) is 12.1. The average molecular weight is 687 g/mol. The molecular formula is C50H30N4. The van der Waals surface area contributed by atoms with Crippen LogP contribution < -0.4 is 0 Å². The number of aromatic nitrogens is 4. The fourth-order valence-corrected chi connectivity index (χ4v) is 8.03. The van der Waals surface area contributed by atoms with E-state index in [1.807, 2.05) is 30.5 Å². The molecule has 0 unspecified atom stereocenters. The first-order valence-electron chi connectivity index (χ1n) is 18.2. The first-order chi connectivity index (χ1) is 26.8. The molecule has 11 aromatic rings. The van der Waals surface area contributed by atoms with Crippen LogP contribution in [0.2, 0.25) is 0 Å². The highest BCUT2D eigenvalue weighted by atomic mass is 14.8. The molecular weight excluding hydrogens is 657 g/mol. The highest BCUT2D eigenvalue weighted by Crippen LogP contribution is 2.41. The van der Waals surface area contributed by atoms with E-state index in [1.165, 1.54) is 32.3 Å². The van der Waals surface area contributed by atoms with Gasteiger partial charge >= 0.3 is 0 Å². The Morgan fingerprint density at radius 1 is 0.278 bits per heavy atom. The van der Waals surface area contributed by atoms with Crippen molar-refractivity contribution in [2.75, 3.05) is 0 Å². The van der Waals surface area contributed by atoms with Gasteiger partial charge < -0.3 is 0 Å². The van der Waals surface area contributed by atoms with Crippen molar-refractivity contribution < 1.29 is 0 Å². The van der Waals surface area contributed by atoms with Crippen molar-refractivity contribution in [1.29, 1.82) is 0 Å². The van der Waals surface area contributed by atoms with E-state index in [0.29, 0.717) is 0 Å². The third-order valence-electron chi connectivity index (χ3n) is 10.7. The summed E-state index contributed by atoms with van der Waals surface area (Å²) in [6.45, 7) is 0. The van der Waals surface area contributed by atoms with Crippen LogP contribution in [0.25, 0.3) is 110 Å². The second-order valence-electron chi connectivity index (χ2n) is 13.8. The fraction of sp³-hybridized carbons (Fsp3) is 0. The van der Waals surface area contributed by atoms with Crippen molar-refractivity contribution in [3.8, 4) is 45.0 Å². The van der Waals surface area contributed by atoms with E-state index in [9.17, 15) is 0 Å². The molecule has 0 N–H and O–H groups in total. The zero-order valence-electron chi connectivity index (χ0n) is 29.1. The van der Waals surface area contributed by atoms with E-state index >= 15 is 0 Å². The molecule has 0 radical (unpaired) electrons. The Kier molecular flexibility index (Phi) is 6.82. The van der Waals surface area contributed by atoms with Crippen molar-refractivity contribution in [3.05, 3.63) is 182 Å². The summed E-state index contributed by atoms with van der Waals surface area (Å²) in [5.74, 6) is 0. The molecule has 4 aromatic heterocycles. The highest BCUT2D eigenvalue weighted by molar-refractivity contribution is 6.31. The number of nitrogens with zero attached hydrogens (tertiary/aromatic N) is 4. The molecule has 0 spiro atoms. The molecule has 0 fully saturated rings. The number of pyridine rings is 4. The SMILES string of the molecule is c1ccc(-c2ccc3ccc4ccc(-c5ccc(-c6ccc(-c7nc8c9ccccc9c9ccccc9c8c8ccccc78)cc6)cn5)nc4c3n2)cc1. The second-order valence-corrected chi connectivity index (χ2v) is 13.8. The molecule has 0 amide bonds. The van der Waals surface area contributed by atoms with Crippen LogP contribution in [0.4, 0.5) is 0 Å². The number of benzene rings is 7. The summed E-state index contributed by atoms with van der Waals surface area (Å²) in [7, 11) is 0. The van der Waals surface area contributed by atoms with Crippen molar-refractivity contribution in [2.24, 2.45) is 0 Å². The van der Waals surface area contributed by atoms with Crippen molar-refractivity contribution in [2.45, 2.75) is 0 Å². The summed E-state index contributed by atoms with van der Waals surface area (Å²) < 4.78 is 0. The summed E-state index contributed by atoms with van der Waals surface area (Å²) in [5.41, 5.74) is 10.7. The lowest BCUT2D eigenvalue weighted by molar-refractivity contribution is 1.27. The van der Waals surface area contributed by atoms with Crippen LogP contribution in [0, 0.1) is 0 Å². The van der Waals surface area contributed by atoms with Gasteiger partial charge in [-0.15, -0.1) is 0 Å². The predicted octanol–water partition coefficient (Wildman–Crippen LogP) is 12.9. The Hall–Kier alpha value is -7.30. The zero-order valence-corrected chi connectivity index (χ0v) is 29.1. The number of hydrogen-bond acceptors (Lipinski definition) is 4. The van der Waals surface area contributed by atoms with Gasteiger partial charge in [-0.3, -0.25) is 4.98 Å². The normalized spacial score (nSPS) is 11.7. The summed E-state index contributed by atoms with van der Waals surface area (Å²) in [6.07, 6.45) is 1.94. The maximum Gasteiger partial charge on any atom is 0.0973 e. The number of hydrogen-bond donors (Lipinski definition) is 0. The standard InChI is InChI=1S/C50H30N4/c1-2-10-32(11-3-1)43-27-24-34-22-23-35-25-29-45(53-49(35)48(34)52-43)44-28-26-36(30-51-44)31-18-20-33(21-19-31)47-42-17-9-7-15-40(42)46-39-14-6-4-12-37(39)38-13-5-8-16-41(38)50(46)54-47/h1-30H. The van der Waals surface area contributed by atoms with E-state index in [1.54, 1.807) is 0 Å². The molecule has 0 aliphatic heterocycles. The largest absolute Gasteiger partial charge is 0.254 e. The Balaban J connectivity index is 0.963. The molecule has 250 valence electrons. The van der Waals surface area contributed by atoms with E-state index in [-0.39, 0.29) is 0 Å². The predicted molar refractivity (Wildman–Crippen MR) is 224 cm³/mol.